The van der Waals surface area contributed by atoms with Crippen LogP contribution in [-0.2, 0) is 9.53 Å². The minimum Gasteiger partial charge on any atom is -0.381 e. The summed E-state index contributed by atoms with van der Waals surface area (Å²) in [6.45, 7) is 3.49. The third-order valence-corrected chi connectivity index (χ3v) is 2.71. The van der Waals surface area contributed by atoms with Crippen molar-refractivity contribution in [3.05, 3.63) is 0 Å². The van der Waals surface area contributed by atoms with Crippen LogP contribution in [0.2, 0.25) is 0 Å². The van der Waals surface area contributed by atoms with Gasteiger partial charge < -0.3 is 4.74 Å². The Morgan fingerprint density at radius 3 is 2.54 bits per heavy atom. The van der Waals surface area contributed by atoms with Gasteiger partial charge in [-0.15, -0.1) is 0 Å². The Morgan fingerprint density at radius 1 is 1.54 bits per heavy atom. The lowest BCUT2D eigenvalue weighted by Crippen LogP contribution is -2.40. The van der Waals surface area contributed by atoms with Crippen LogP contribution in [0.25, 0.3) is 0 Å². The second-order valence-electron chi connectivity index (χ2n) is 3.69. The number of ether oxygens (including phenoxy) is 1. The summed E-state index contributed by atoms with van der Waals surface area (Å²) in [7, 11) is 1.60. The quantitative estimate of drug-likeness (QED) is 0.385. The van der Waals surface area contributed by atoms with Gasteiger partial charge in [0.2, 0.25) is 5.91 Å². The van der Waals surface area contributed by atoms with Crippen LogP contribution < -0.4 is 5.84 Å². The molecule has 1 aliphatic rings. The summed E-state index contributed by atoms with van der Waals surface area (Å²) in [6.07, 6.45) is 1.95. The Morgan fingerprint density at radius 2 is 2.08 bits per heavy atom. The van der Waals surface area contributed by atoms with Crippen molar-refractivity contribution in [1.82, 2.24) is 5.01 Å². The number of amides is 1. The van der Waals surface area contributed by atoms with Crippen molar-refractivity contribution < 1.29 is 9.53 Å². The maximum absolute atomic E-state index is 11.5. The second-order valence-corrected chi connectivity index (χ2v) is 3.69. The fraction of sp³-hybridized carbons (Fsp3) is 0.889. The van der Waals surface area contributed by atoms with Gasteiger partial charge in [0, 0.05) is 26.2 Å². The van der Waals surface area contributed by atoms with Gasteiger partial charge in [-0.1, -0.05) is 6.92 Å². The number of carbonyl (C=O) groups is 1. The van der Waals surface area contributed by atoms with Crippen LogP contribution >= 0.6 is 0 Å². The van der Waals surface area contributed by atoms with Crippen LogP contribution in [0.4, 0.5) is 0 Å². The zero-order valence-corrected chi connectivity index (χ0v) is 8.32. The molecule has 4 nitrogen and oxygen atoms in total. The molecule has 1 heterocycles. The van der Waals surface area contributed by atoms with E-state index in [1.807, 2.05) is 6.92 Å². The summed E-state index contributed by atoms with van der Waals surface area (Å²) in [5.74, 6) is 5.88. The highest BCUT2D eigenvalue weighted by Gasteiger charge is 2.26. The molecule has 0 aliphatic carbocycles. The van der Waals surface area contributed by atoms with E-state index in [-0.39, 0.29) is 11.8 Å². The standard InChI is InChI=1S/C9H18N2O2/c1-7(9(12)11(2)10)8-3-5-13-6-4-8/h7-8H,3-6,10H2,1-2H3. The summed E-state index contributed by atoms with van der Waals surface area (Å²) in [5.41, 5.74) is 0. The van der Waals surface area contributed by atoms with E-state index < -0.39 is 0 Å². The lowest BCUT2D eigenvalue weighted by atomic mass is 9.87. The molecule has 0 aromatic rings. The van der Waals surface area contributed by atoms with Gasteiger partial charge in [-0.2, -0.15) is 0 Å². The van der Waals surface area contributed by atoms with Crippen LogP contribution in [-0.4, -0.2) is 31.2 Å². The number of rotatable bonds is 2. The van der Waals surface area contributed by atoms with Crippen molar-refractivity contribution in [2.75, 3.05) is 20.3 Å². The van der Waals surface area contributed by atoms with Gasteiger partial charge in [0.1, 0.15) is 0 Å². The SMILES string of the molecule is CC(C(=O)N(C)N)C1CCOCC1. The molecule has 1 aliphatic heterocycles. The molecule has 1 saturated heterocycles. The predicted molar refractivity (Wildman–Crippen MR) is 49.7 cm³/mol. The topological polar surface area (TPSA) is 55.6 Å². The van der Waals surface area contributed by atoms with E-state index in [0.29, 0.717) is 5.92 Å². The minimum atomic E-state index is 0.0203. The highest BCUT2D eigenvalue weighted by Crippen LogP contribution is 2.24. The van der Waals surface area contributed by atoms with Gasteiger partial charge in [-0.25, -0.2) is 5.84 Å². The van der Waals surface area contributed by atoms with E-state index >= 15 is 0 Å². The molecule has 0 aromatic heterocycles. The Balaban J connectivity index is 2.45. The zero-order valence-electron chi connectivity index (χ0n) is 8.32. The van der Waals surface area contributed by atoms with Crippen molar-refractivity contribution in [3.63, 3.8) is 0 Å². The summed E-state index contributed by atoms with van der Waals surface area (Å²) in [6, 6.07) is 0. The molecule has 0 saturated carbocycles. The minimum absolute atomic E-state index is 0.0203. The third-order valence-electron chi connectivity index (χ3n) is 2.71. The van der Waals surface area contributed by atoms with E-state index in [2.05, 4.69) is 0 Å². The molecule has 1 unspecified atom stereocenters. The molecule has 0 spiro atoms. The molecule has 4 heteroatoms. The maximum Gasteiger partial charge on any atom is 0.239 e. The third kappa shape index (κ3) is 2.67. The van der Waals surface area contributed by atoms with E-state index in [1.165, 1.54) is 5.01 Å². The Bertz CT molecular complexity index is 176. The average Bonchev–Trinajstić information content (AvgIpc) is 2.17. The number of nitrogens with two attached hydrogens (primary N) is 1. The fourth-order valence-electron chi connectivity index (χ4n) is 1.74. The Labute approximate surface area is 79.0 Å². The predicted octanol–water partition coefficient (Wildman–Crippen LogP) is 0.381. The number of hydrogen-bond donors (Lipinski definition) is 1. The van der Waals surface area contributed by atoms with Gasteiger partial charge in [0.25, 0.3) is 0 Å². The normalized spacial score (nSPS) is 21.2. The lowest BCUT2D eigenvalue weighted by molar-refractivity contribution is -0.136. The van der Waals surface area contributed by atoms with Crippen LogP contribution in [0.5, 0.6) is 0 Å². The number of hydrogen-bond acceptors (Lipinski definition) is 3. The molecule has 0 bridgehead atoms. The first kappa shape index (κ1) is 10.5. The largest absolute Gasteiger partial charge is 0.381 e. The smallest absolute Gasteiger partial charge is 0.239 e. The molecular formula is C9H18N2O2. The van der Waals surface area contributed by atoms with Crippen molar-refractivity contribution in [2.45, 2.75) is 19.8 Å². The first-order valence-electron chi connectivity index (χ1n) is 4.73. The van der Waals surface area contributed by atoms with Gasteiger partial charge in [-0.3, -0.25) is 9.80 Å². The molecule has 0 radical (unpaired) electrons. The summed E-state index contributed by atoms with van der Waals surface area (Å²) < 4.78 is 5.23. The van der Waals surface area contributed by atoms with Gasteiger partial charge in [0.15, 0.2) is 0 Å². The molecular weight excluding hydrogens is 168 g/mol. The molecule has 13 heavy (non-hydrogen) atoms. The van der Waals surface area contributed by atoms with Crippen molar-refractivity contribution in [1.29, 1.82) is 0 Å². The monoisotopic (exact) mass is 186 g/mol. The van der Waals surface area contributed by atoms with E-state index in [1.54, 1.807) is 7.05 Å². The highest BCUT2D eigenvalue weighted by molar-refractivity contribution is 5.77. The van der Waals surface area contributed by atoms with Crippen molar-refractivity contribution in [3.8, 4) is 0 Å². The first-order valence-corrected chi connectivity index (χ1v) is 4.73. The molecule has 76 valence electrons. The van der Waals surface area contributed by atoms with Crippen LogP contribution in [0, 0.1) is 11.8 Å². The number of hydrazine groups is 1. The Kier molecular flexibility index (Phi) is 3.69. The summed E-state index contributed by atoms with van der Waals surface area (Å²) >= 11 is 0. The summed E-state index contributed by atoms with van der Waals surface area (Å²) in [5, 5.41) is 1.18. The molecule has 1 atom stereocenters. The fourth-order valence-corrected chi connectivity index (χ4v) is 1.74. The van der Waals surface area contributed by atoms with E-state index in [9.17, 15) is 4.79 Å². The van der Waals surface area contributed by atoms with Gasteiger partial charge in [-0.05, 0) is 18.8 Å². The van der Waals surface area contributed by atoms with Crippen molar-refractivity contribution >= 4 is 5.91 Å². The number of carbonyl (C=O) groups excluding carboxylic acids is 1. The Hall–Kier alpha value is -0.610. The number of nitrogens with zero attached hydrogens (tertiary/aromatic N) is 1. The summed E-state index contributed by atoms with van der Waals surface area (Å²) in [4.78, 5) is 11.5. The highest BCUT2D eigenvalue weighted by atomic mass is 16.5. The molecule has 2 N–H and O–H groups in total. The van der Waals surface area contributed by atoms with E-state index in [0.717, 1.165) is 26.1 Å². The van der Waals surface area contributed by atoms with Crippen LogP contribution in [0.3, 0.4) is 0 Å². The van der Waals surface area contributed by atoms with Crippen molar-refractivity contribution in [2.24, 2.45) is 17.7 Å². The first-order chi connectivity index (χ1) is 6.13. The zero-order chi connectivity index (χ0) is 9.84. The van der Waals surface area contributed by atoms with Gasteiger partial charge in [0.05, 0.1) is 0 Å². The molecule has 0 aromatic carbocycles. The maximum atomic E-state index is 11.5. The molecule has 1 amide bonds. The van der Waals surface area contributed by atoms with Gasteiger partial charge >= 0.3 is 0 Å². The van der Waals surface area contributed by atoms with Crippen LogP contribution in [0.15, 0.2) is 0 Å². The second kappa shape index (κ2) is 4.58. The van der Waals surface area contributed by atoms with Crippen LogP contribution in [0.1, 0.15) is 19.8 Å². The molecule has 1 rings (SSSR count). The molecule has 1 fully saturated rings. The van der Waals surface area contributed by atoms with E-state index in [4.69, 9.17) is 10.6 Å². The lowest BCUT2D eigenvalue weighted by Gasteiger charge is -2.28. The average molecular weight is 186 g/mol.